The number of phenolic OH excluding ortho intramolecular Hbond substituents is 1. The van der Waals surface area contributed by atoms with Crippen LogP contribution in [0.1, 0.15) is 37.7 Å². The number of hydrogen-bond acceptors (Lipinski definition) is 9. The lowest BCUT2D eigenvalue weighted by Gasteiger charge is -2.14. The van der Waals surface area contributed by atoms with Crippen LogP contribution in [-0.4, -0.2) is 49.1 Å². The quantitative estimate of drug-likeness (QED) is 0.123. The number of amides is 2. The van der Waals surface area contributed by atoms with Crippen molar-refractivity contribution in [1.29, 1.82) is 0 Å². The number of carbonyl (C=O) groups excluding carboxylic acids is 2. The van der Waals surface area contributed by atoms with Crippen molar-refractivity contribution >= 4 is 67.7 Å². The minimum Gasteiger partial charge on any atom is -0.506 e. The molecule has 48 heavy (non-hydrogen) atoms. The third-order valence-corrected chi connectivity index (χ3v) is 9.67. The Balaban J connectivity index is 1.15. The summed E-state index contributed by atoms with van der Waals surface area (Å²) in [4.78, 5) is 30.1. The molecule has 0 saturated carbocycles. The third kappa shape index (κ3) is 7.23. The average molecular weight is 705 g/mol. The summed E-state index contributed by atoms with van der Waals surface area (Å²) in [7, 11) is 1.39. The lowest BCUT2D eigenvalue weighted by molar-refractivity contribution is -0.137. The zero-order valence-electron chi connectivity index (χ0n) is 26.6. The highest BCUT2D eigenvalue weighted by Gasteiger charge is 2.22. The zero-order chi connectivity index (χ0) is 34.0. The number of urea groups is 1. The standard InChI is InChI=1S/C34H33ClN6O5S2/c1-34(2,3)29-15-30(41(39-29)21-9-12-26(42)24(35)13-21)38-32(44)36-16-20-7-5-6-8-27(20)46-23-10-11-25-28(14-23)48-33-37-17-22(40(25)33)18-47-19-31(43)45-4/h5-15,17,42H,16,18-19H2,1-4H3,(H2,36,38,44). The topological polar surface area (TPSA) is 132 Å². The van der Waals surface area contributed by atoms with Gasteiger partial charge in [0.2, 0.25) is 0 Å². The van der Waals surface area contributed by atoms with E-state index >= 15 is 0 Å². The van der Waals surface area contributed by atoms with Crippen LogP contribution in [0.3, 0.4) is 0 Å². The second kappa shape index (κ2) is 13.8. The molecular formula is C34H33ClN6O5S2. The molecule has 3 aromatic carbocycles. The molecule has 0 aliphatic carbocycles. The number of fused-ring (bicyclic) bond motifs is 3. The molecule has 2 amide bonds. The Morgan fingerprint density at radius 1 is 1.08 bits per heavy atom. The highest BCUT2D eigenvalue weighted by atomic mass is 35.5. The van der Waals surface area contributed by atoms with Gasteiger partial charge in [0.1, 0.15) is 23.1 Å². The summed E-state index contributed by atoms with van der Waals surface area (Å²) >= 11 is 9.20. The molecule has 3 heterocycles. The number of rotatable bonds is 10. The van der Waals surface area contributed by atoms with Gasteiger partial charge >= 0.3 is 12.0 Å². The van der Waals surface area contributed by atoms with Crippen LogP contribution < -0.4 is 15.4 Å². The van der Waals surface area contributed by atoms with E-state index in [-0.39, 0.29) is 34.5 Å². The monoisotopic (exact) mass is 704 g/mol. The molecule has 248 valence electrons. The first-order valence-corrected chi connectivity index (χ1v) is 17.3. The lowest BCUT2D eigenvalue weighted by atomic mass is 9.92. The number of benzene rings is 3. The number of imidazole rings is 1. The van der Waals surface area contributed by atoms with E-state index in [9.17, 15) is 14.7 Å². The number of halogens is 1. The highest BCUT2D eigenvalue weighted by Crippen LogP contribution is 2.34. The first-order valence-electron chi connectivity index (χ1n) is 14.9. The summed E-state index contributed by atoms with van der Waals surface area (Å²) in [6.07, 6.45) is 1.83. The van der Waals surface area contributed by atoms with Gasteiger partial charge in [-0.05, 0) is 36.4 Å². The van der Waals surface area contributed by atoms with Crippen molar-refractivity contribution in [3.05, 3.63) is 94.9 Å². The van der Waals surface area contributed by atoms with Crippen LogP contribution in [0.2, 0.25) is 5.02 Å². The summed E-state index contributed by atoms with van der Waals surface area (Å²) in [6.45, 7) is 6.30. The molecule has 0 fully saturated rings. The van der Waals surface area contributed by atoms with E-state index in [2.05, 4.69) is 20.0 Å². The van der Waals surface area contributed by atoms with Gasteiger partial charge in [0, 0.05) is 35.4 Å². The predicted molar refractivity (Wildman–Crippen MR) is 190 cm³/mol. The van der Waals surface area contributed by atoms with Gasteiger partial charge in [0.05, 0.1) is 51.4 Å². The van der Waals surface area contributed by atoms with E-state index in [4.69, 9.17) is 26.2 Å². The van der Waals surface area contributed by atoms with Gasteiger partial charge in [-0.15, -0.1) is 11.8 Å². The molecule has 0 bridgehead atoms. The minimum absolute atomic E-state index is 0.0420. The number of nitrogens with one attached hydrogen (secondary N) is 2. The number of thioether (sulfide) groups is 1. The van der Waals surface area contributed by atoms with E-state index in [0.29, 0.717) is 28.8 Å². The molecule has 0 aliphatic heterocycles. The maximum atomic E-state index is 13.2. The Bertz CT molecular complexity index is 2130. The molecule has 0 radical (unpaired) electrons. The van der Waals surface area contributed by atoms with E-state index in [0.717, 1.165) is 32.1 Å². The van der Waals surface area contributed by atoms with Gasteiger partial charge in [0.25, 0.3) is 0 Å². The van der Waals surface area contributed by atoms with Crippen molar-refractivity contribution in [1.82, 2.24) is 24.5 Å². The largest absolute Gasteiger partial charge is 0.506 e. The van der Waals surface area contributed by atoms with Crippen LogP contribution >= 0.6 is 34.7 Å². The second-order valence-corrected chi connectivity index (χ2v) is 14.3. The maximum Gasteiger partial charge on any atom is 0.320 e. The fourth-order valence-corrected chi connectivity index (χ4v) is 6.92. The fraction of sp³-hybridized carbons (Fsp3) is 0.235. The fourth-order valence-electron chi connectivity index (χ4n) is 4.89. The number of hydrogen-bond donors (Lipinski definition) is 3. The van der Waals surface area contributed by atoms with Crippen LogP contribution in [0.5, 0.6) is 17.2 Å². The summed E-state index contributed by atoms with van der Waals surface area (Å²) in [5.41, 5.74) is 3.87. The number of thiazole rings is 1. The number of carbonyl (C=O) groups is 2. The number of ether oxygens (including phenoxy) is 2. The SMILES string of the molecule is COC(=O)CSCc1cnc2sc3cc(Oc4ccccc4CNC(=O)Nc4cc(C(C)(C)C)nn4-c4ccc(O)c(Cl)c4)ccc3n12. The van der Waals surface area contributed by atoms with Crippen LogP contribution in [0, 0.1) is 0 Å². The molecule has 0 spiro atoms. The molecule has 3 aromatic heterocycles. The number of aromatic nitrogens is 4. The summed E-state index contributed by atoms with van der Waals surface area (Å²) in [6, 6.07) is 19.5. The lowest BCUT2D eigenvalue weighted by Crippen LogP contribution is -2.29. The van der Waals surface area contributed by atoms with Crippen LogP contribution in [0.25, 0.3) is 20.9 Å². The summed E-state index contributed by atoms with van der Waals surface area (Å²) < 4.78 is 15.7. The highest BCUT2D eigenvalue weighted by molar-refractivity contribution is 7.99. The summed E-state index contributed by atoms with van der Waals surface area (Å²) in [5.74, 6) is 2.31. The third-order valence-electron chi connectivity index (χ3n) is 7.41. The number of anilines is 1. The smallest absolute Gasteiger partial charge is 0.320 e. The molecule has 0 saturated heterocycles. The number of aromatic hydroxyl groups is 1. The van der Waals surface area contributed by atoms with Gasteiger partial charge < -0.3 is 19.9 Å². The van der Waals surface area contributed by atoms with Crippen molar-refractivity contribution in [3.8, 4) is 22.9 Å². The van der Waals surface area contributed by atoms with E-state index < -0.39 is 6.03 Å². The van der Waals surface area contributed by atoms with Gasteiger partial charge in [0.15, 0.2) is 4.96 Å². The Morgan fingerprint density at radius 3 is 2.67 bits per heavy atom. The van der Waals surface area contributed by atoms with Crippen molar-refractivity contribution < 1.29 is 24.2 Å². The Morgan fingerprint density at radius 2 is 1.90 bits per heavy atom. The first kappa shape index (κ1) is 33.2. The van der Waals surface area contributed by atoms with Crippen molar-refractivity contribution in [3.63, 3.8) is 0 Å². The van der Waals surface area contributed by atoms with Gasteiger partial charge in [-0.3, -0.25) is 14.5 Å². The first-order chi connectivity index (χ1) is 23.0. The molecule has 0 atom stereocenters. The van der Waals surface area contributed by atoms with E-state index in [1.807, 2.05) is 75.5 Å². The van der Waals surface area contributed by atoms with E-state index in [1.54, 1.807) is 28.2 Å². The predicted octanol–water partition coefficient (Wildman–Crippen LogP) is 7.91. The molecular weight excluding hydrogens is 672 g/mol. The Labute approximate surface area is 289 Å². The number of para-hydroxylation sites is 1. The molecule has 6 rings (SSSR count). The molecule has 14 heteroatoms. The normalized spacial score (nSPS) is 11.6. The van der Waals surface area contributed by atoms with Crippen LogP contribution in [0.15, 0.2) is 72.9 Å². The molecule has 0 aliphatic rings. The Hall–Kier alpha value is -4.72. The van der Waals surface area contributed by atoms with Crippen LogP contribution in [0.4, 0.5) is 10.6 Å². The average Bonchev–Trinajstić information content (AvgIpc) is 3.76. The molecule has 11 nitrogen and oxygen atoms in total. The summed E-state index contributed by atoms with van der Waals surface area (Å²) in [5, 5.41) is 20.6. The van der Waals surface area contributed by atoms with Crippen LogP contribution in [-0.2, 0) is 27.2 Å². The Kier molecular flexibility index (Phi) is 9.54. The number of phenols is 1. The van der Waals surface area contributed by atoms with E-state index in [1.165, 1.54) is 24.9 Å². The maximum absolute atomic E-state index is 13.2. The van der Waals surface area contributed by atoms with Gasteiger partial charge in [-0.2, -0.15) is 5.10 Å². The second-order valence-electron chi connectivity index (χ2n) is 11.9. The molecule has 0 unspecified atom stereocenters. The van der Waals surface area contributed by atoms with Gasteiger partial charge in [-0.25, -0.2) is 14.5 Å². The minimum atomic E-state index is -0.430. The number of esters is 1. The zero-order valence-corrected chi connectivity index (χ0v) is 29.0. The number of nitrogens with zero attached hydrogens (tertiary/aromatic N) is 4. The number of methoxy groups -OCH3 is 1. The van der Waals surface area contributed by atoms with Crippen molar-refractivity contribution in [2.45, 2.75) is 38.5 Å². The molecule has 3 N–H and O–H groups in total. The van der Waals surface area contributed by atoms with Crippen molar-refractivity contribution in [2.24, 2.45) is 0 Å². The van der Waals surface area contributed by atoms with Gasteiger partial charge in [-0.1, -0.05) is 61.9 Å². The van der Waals surface area contributed by atoms with Crippen molar-refractivity contribution in [2.75, 3.05) is 18.2 Å². The molecule has 6 aromatic rings.